The second-order valence-corrected chi connectivity index (χ2v) is 8.83. The molecule has 0 fully saturated rings. The van der Waals surface area contributed by atoms with Gasteiger partial charge in [0.05, 0.1) is 12.3 Å². The first-order valence-electron chi connectivity index (χ1n) is 9.91. The zero-order chi connectivity index (χ0) is 20.1. The summed E-state index contributed by atoms with van der Waals surface area (Å²) in [4.78, 5) is 20.6. The van der Waals surface area contributed by atoms with Crippen LogP contribution in [0.5, 0.6) is 0 Å². The average Bonchev–Trinajstić information content (AvgIpc) is 3.10. The summed E-state index contributed by atoms with van der Waals surface area (Å²) in [5.41, 5.74) is 4.34. The molecule has 0 aromatic heterocycles. The van der Waals surface area contributed by atoms with Crippen LogP contribution in [-0.2, 0) is 16.2 Å². The van der Waals surface area contributed by atoms with Gasteiger partial charge < -0.3 is 9.74 Å². The molecule has 28 heavy (non-hydrogen) atoms. The van der Waals surface area contributed by atoms with Crippen LogP contribution >= 0.6 is 0 Å². The van der Waals surface area contributed by atoms with Crippen LogP contribution in [0, 0.1) is 12.3 Å². The third kappa shape index (κ3) is 5.69. The molecule has 3 rings (SSSR count). The van der Waals surface area contributed by atoms with E-state index < -0.39 is 0 Å². The molecule has 0 saturated carbocycles. The topological polar surface area (TPSA) is 41.9 Å². The number of oxime groups is 1. The maximum atomic E-state index is 13.0. The molecule has 1 heterocycles. The van der Waals surface area contributed by atoms with E-state index in [-0.39, 0.29) is 17.4 Å². The van der Waals surface area contributed by atoms with E-state index in [9.17, 15) is 4.79 Å². The number of amides is 1. The van der Waals surface area contributed by atoms with Crippen LogP contribution in [0.4, 0.5) is 0 Å². The zero-order valence-corrected chi connectivity index (χ0v) is 17.3. The van der Waals surface area contributed by atoms with Crippen molar-refractivity contribution in [1.82, 2.24) is 4.90 Å². The Kier molecular flexibility index (Phi) is 6.18. The molecule has 0 aliphatic carbocycles. The number of rotatable bonds is 6. The lowest BCUT2D eigenvalue weighted by molar-refractivity contribution is -0.135. The van der Waals surface area contributed by atoms with Crippen molar-refractivity contribution in [2.24, 2.45) is 10.6 Å². The van der Waals surface area contributed by atoms with Crippen LogP contribution in [-0.4, -0.2) is 29.2 Å². The van der Waals surface area contributed by atoms with Gasteiger partial charge in [0.25, 0.3) is 0 Å². The summed E-state index contributed by atoms with van der Waals surface area (Å²) < 4.78 is 0. The van der Waals surface area contributed by atoms with Crippen molar-refractivity contribution < 1.29 is 9.63 Å². The molecular formula is C24H30N2O2. The second kappa shape index (κ2) is 8.59. The van der Waals surface area contributed by atoms with Crippen molar-refractivity contribution in [3.8, 4) is 0 Å². The van der Waals surface area contributed by atoms with Gasteiger partial charge in [-0.1, -0.05) is 86.1 Å². The van der Waals surface area contributed by atoms with Gasteiger partial charge >= 0.3 is 0 Å². The van der Waals surface area contributed by atoms with E-state index in [1.807, 2.05) is 23.1 Å². The highest BCUT2D eigenvalue weighted by molar-refractivity contribution is 6.01. The van der Waals surface area contributed by atoms with Crippen LogP contribution in [0.25, 0.3) is 0 Å². The number of aryl methyl sites for hydroxylation is 1. The van der Waals surface area contributed by atoms with Crippen LogP contribution in [0.3, 0.4) is 0 Å². The number of carbonyl (C=O) groups is 1. The lowest BCUT2D eigenvalue weighted by Crippen LogP contribution is -2.38. The van der Waals surface area contributed by atoms with Gasteiger partial charge in [0.15, 0.2) is 6.10 Å². The van der Waals surface area contributed by atoms with Crippen molar-refractivity contribution in [2.45, 2.75) is 53.2 Å². The zero-order valence-electron chi connectivity index (χ0n) is 17.3. The summed E-state index contributed by atoms with van der Waals surface area (Å²) in [6.07, 6.45) is 1.12. The normalized spacial score (nSPS) is 16.4. The molecule has 4 nitrogen and oxygen atoms in total. The van der Waals surface area contributed by atoms with Crippen molar-refractivity contribution in [3.05, 3.63) is 71.3 Å². The predicted octanol–water partition coefficient (Wildman–Crippen LogP) is 4.95. The van der Waals surface area contributed by atoms with Crippen LogP contribution in [0.15, 0.2) is 59.8 Å². The highest BCUT2D eigenvalue weighted by Crippen LogP contribution is 2.23. The Morgan fingerprint density at radius 3 is 2.43 bits per heavy atom. The van der Waals surface area contributed by atoms with Gasteiger partial charge in [-0.15, -0.1) is 0 Å². The molecule has 1 amide bonds. The van der Waals surface area contributed by atoms with Crippen molar-refractivity contribution in [3.63, 3.8) is 0 Å². The molecule has 0 saturated heterocycles. The second-order valence-electron chi connectivity index (χ2n) is 8.83. The molecule has 2 aromatic carbocycles. The first kappa shape index (κ1) is 20.1. The Balaban J connectivity index is 1.67. The molecule has 1 aliphatic rings. The van der Waals surface area contributed by atoms with E-state index >= 15 is 0 Å². The lowest BCUT2D eigenvalue weighted by atomic mass is 9.91. The van der Waals surface area contributed by atoms with E-state index in [2.05, 4.69) is 69.2 Å². The van der Waals surface area contributed by atoms with E-state index in [4.69, 9.17) is 4.84 Å². The van der Waals surface area contributed by atoms with Crippen LogP contribution < -0.4 is 0 Å². The third-order valence-corrected chi connectivity index (χ3v) is 4.79. The number of hydrogen-bond acceptors (Lipinski definition) is 3. The number of benzene rings is 2. The molecule has 0 radical (unpaired) electrons. The molecular weight excluding hydrogens is 348 g/mol. The number of hydrogen-bond donors (Lipinski definition) is 0. The summed E-state index contributed by atoms with van der Waals surface area (Å²) in [6, 6.07) is 18.4. The first-order valence-corrected chi connectivity index (χ1v) is 9.91. The summed E-state index contributed by atoms with van der Waals surface area (Å²) >= 11 is 0. The van der Waals surface area contributed by atoms with Crippen molar-refractivity contribution in [1.29, 1.82) is 0 Å². The van der Waals surface area contributed by atoms with Gasteiger partial charge in [0, 0.05) is 19.4 Å². The first-order chi connectivity index (χ1) is 13.3. The minimum atomic E-state index is -0.107. The Bertz CT molecular complexity index is 820. The van der Waals surface area contributed by atoms with Crippen LogP contribution in [0.1, 0.15) is 50.3 Å². The summed E-state index contributed by atoms with van der Waals surface area (Å²) in [5.74, 6) is 0.156. The average molecular weight is 379 g/mol. The fraction of sp³-hybridized carbons (Fsp3) is 0.417. The SMILES string of the molecule is Cc1ccc(C2=NO[C@@H](CN(Cc3ccccc3)C(=O)CC(C)(C)C)C2)cc1. The van der Waals surface area contributed by atoms with Crippen LogP contribution in [0.2, 0.25) is 0 Å². The Labute approximate surface area is 168 Å². The third-order valence-electron chi connectivity index (χ3n) is 4.79. The highest BCUT2D eigenvalue weighted by Gasteiger charge is 2.28. The number of nitrogens with zero attached hydrogens (tertiary/aromatic N) is 2. The van der Waals surface area contributed by atoms with Crippen molar-refractivity contribution >= 4 is 11.6 Å². The van der Waals surface area contributed by atoms with Crippen molar-refractivity contribution in [2.75, 3.05) is 6.54 Å². The van der Waals surface area contributed by atoms with Gasteiger partial charge in [-0.05, 0) is 23.5 Å². The fourth-order valence-corrected chi connectivity index (χ4v) is 3.31. The quantitative estimate of drug-likeness (QED) is 0.713. The molecule has 0 spiro atoms. The van der Waals surface area contributed by atoms with Gasteiger partial charge in [-0.3, -0.25) is 4.79 Å². The maximum absolute atomic E-state index is 13.0. The fourth-order valence-electron chi connectivity index (χ4n) is 3.31. The molecule has 2 aromatic rings. The van der Waals surface area contributed by atoms with E-state index in [1.54, 1.807) is 0 Å². The summed E-state index contributed by atoms with van der Waals surface area (Å²) in [7, 11) is 0. The smallest absolute Gasteiger partial charge is 0.223 e. The van der Waals surface area contributed by atoms with E-state index in [0.717, 1.165) is 23.3 Å². The lowest BCUT2D eigenvalue weighted by Gasteiger charge is -2.28. The Hall–Kier alpha value is -2.62. The molecule has 148 valence electrons. The van der Waals surface area contributed by atoms with Gasteiger partial charge in [0.1, 0.15) is 0 Å². The molecule has 0 bridgehead atoms. The molecule has 4 heteroatoms. The standard InChI is InChI=1S/C24H30N2O2/c1-18-10-12-20(13-11-18)22-14-21(28-25-22)17-26(23(27)15-24(2,3)4)16-19-8-6-5-7-9-19/h5-13,21H,14-17H2,1-4H3/t21-/m1/s1. The Morgan fingerprint density at radius 2 is 1.79 bits per heavy atom. The monoisotopic (exact) mass is 378 g/mol. The maximum Gasteiger partial charge on any atom is 0.223 e. The highest BCUT2D eigenvalue weighted by atomic mass is 16.6. The molecule has 1 atom stereocenters. The minimum absolute atomic E-state index is 0.0495. The largest absolute Gasteiger partial charge is 0.390 e. The predicted molar refractivity (Wildman–Crippen MR) is 113 cm³/mol. The minimum Gasteiger partial charge on any atom is -0.390 e. The molecule has 1 aliphatic heterocycles. The number of carbonyl (C=O) groups excluding carboxylic acids is 1. The van der Waals surface area contributed by atoms with E-state index in [0.29, 0.717) is 19.5 Å². The molecule has 0 N–H and O–H groups in total. The van der Waals surface area contributed by atoms with Gasteiger partial charge in [0.2, 0.25) is 5.91 Å². The summed E-state index contributed by atoms with van der Waals surface area (Å²) in [5, 5.41) is 4.29. The Morgan fingerprint density at radius 1 is 1.11 bits per heavy atom. The van der Waals surface area contributed by atoms with E-state index in [1.165, 1.54) is 5.56 Å². The molecule has 0 unspecified atom stereocenters. The van der Waals surface area contributed by atoms with Gasteiger partial charge in [-0.2, -0.15) is 0 Å². The summed E-state index contributed by atoms with van der Waals surface area (Å²) in [6.45, 7) is 9.49. The van der Waals surface area contributed by atoms with Gasteiger partial charge in [-0.25, -0.2) is 0 Å².